The van der Waals surface area contributed by atoms with E-state index in [1.165, 1.54) is 0 Å². The largest absolute Gasteiger partial charge is 0.339 e. The average molecular weight is 304 g/mol. The summed E-state index contributed by atoms with van der Waals surface area (Å²) >= 11 is 5.89. The molecule has 3 nitrogen and oxygen atoms in total. The minimum absolute atomic E-state index is 0.0745. The number of carbonyl (C=O) groups is 1. The molecule has 1 aromatic carbocycles. The lowest BCUT2D eigenvalue weighted by molar-refractivity contribution is -0.688. The number of nitrogens with zero attached hydrogens (tertiary/aromatic N) is 2. The van der Waals surface area contributed by atoms with Gasteiger partial charge in [0, 0.05) is 29.7 Å². The van der Waals surface area contributed by atoms with Crippen LogP contribution in [0, 0.1) is 0 Å². The van der Waals surface area contributed by atoms with E-state index in [9.17, 15) is 4.79 Å². The Morgan fingerprint density at radius 1 is 1.14 bits per heavy atom. The van der Waals surface area contributed by atoms with Gasteiger partial charge in [-0.05, 0) is 32.0 Å². The van der Waals surface area contributed by atoms with E-state index >= 15 is 0 Å². The van der Waals surface area contributed by atoms with Crippen molar-refractivity contribution in [1.82, 2.24) is 4.90 Å². The minimum atomic E-state index is 0.0745. The lowest BCUT2D eigenvalue weighted by Gasteiger charge is -2.17. The summed E-state index contributed by atoms with van der Waals surface area (Å²) < 4.78 is 2.01. The lowest BCUT2D eigenvalue weighted by atomic mass is 10.2. The maximum atomic E-state index is 12.4. The average Bonchev–Trinajstić information content (AvgIpc) is 2.51. The number of aromatic nitrogens is 1. The predicted octanol–water partition coefficient (Wildman–Crippen LogP) is 3.16. The molecule has 0 aliphatic heterocycles. The number of hydrogen-bond donors (Lipinski definition) is 0. The van der Waals surface area contributed by atoms with Crippen LogP contribution in [-0.2, 0) is 6.54 Å². The quantitative estimate of drug-likeness (QED) is 0.779. The topological polar surface area (TPSA) is 24.2 Å². The molecule has 0 radical (unpaired) electrons. The molecular formula is C17H20ClN2O+. The number of halogens is 1. The molecule has 110 valence electrons. The maximum Gasteiger partial charge on any atom is 0.259 e. The first-order valence-electron chi connectivity index (χ1n) is 7.16. The van der Waals surface area contributed by atoms with Crippen molar-refractivity contribution in [3.63, 3.8) is 0 Å². The first kappa shape index (κ1) is 15.5. The smallest absolute Gasteiger partial charge is 0.259 e. The Morgan fingerprint density at radius 2 is 1.81 bits per heavy atom. The van der Waals surface area contributed by atoms with Crippen LogP contribution in [0.1, 0.15) is 29.8 Å². The van der Waals surface area contributed by atoms with E-state index in [-0.39, 0.29) is 5.91 Å². The van der Waals surface area contributed by atoms with Gasteiger partial charge in [-0.2, -0.15) is 4.57 Å². The second-order valence-electron chi connectivity index (χ2n) is 4.87. The molecule has 0 spiro atoms. The highest BCUT2D eigenvalue weighted by atomic mass is 35.5. The van der Waals surface area contributed by atoms with Gasteiger partial charge in [-0.1, -0.05) is 23.7 Å². The molecule has 0 N–H and O–H groups in total. The Balaban J connectivity index is 2.17. The molecule has 0 saturated heterocycles. The molecule has 21 heavy (non-hydrogen) atoms. The molecule has 0 aliphatic carbocycles. The van der Waals surface area contributed by atoms with Crippen LogP contribution >= 0.6 is 11.6 Å². The van der Waals surface area contributed by atoms with E-state index in [1.54, 1.807) is 0 Å². The van der Waals surface area contributed by atoms with Crippen molar-refractivity contribution in [1.29, 1.82) is 0 Å². The Labute approximate surface area is 130 Å². The van der Waals surface area contributed by atoms with Crippen molar-refractivity contribution in [2.24, 2.45) is 0 Å². The highest BCUT2D eigenvalue weighted by molar-refractivity contribution is 6.30. The normalized spacial score (nSPS) is 10.4. The van der Waals surface area contributed by atoms with Crippen LogP contribution in [0.4, 0.5) is 0 Å². The Morgan fingerprint density at radius 3 is 2.43 bits per heavy atom. The molecule has 2 aromatic rings. The molecule has 1 heterocycles. The summed E-state index contributed by atoms with van der Waals surface area (Å²) in [5.74, 6) is 0.0745. The number of rotatable bonds is 5. The van der Waals surface area contributed by atoms with Gasteiger partial charge in [-0.3, -0.25) is 4.79 Å². The van der Waals surface area contributed by atoms with Crippen molar-refractivity contribution in [2.75, 3.05) is 13.1 Å². The standard InChI is InChI=1S/C17H20ClN2O/c1-3-20(4-2)17(21)15-6-5-11-19(13-15)12-14-7-9-16(18)10-8-14/h5-11,13H,3-4,12H2,1-2H3/q+1. The summed E-state index contributed by atoms with van der Waals surface area (Å²) in [6, 6.07) is 11.5. The van der Waals surface area contributed by atoms with E-state index in [0.29, 0.717) is 0 Å². The number of carbonyl (C=O) groups excluding carboxylic acids is 1. The number of pyridine rings is 1. The van der Waals surface area contributed by atoms with Crippen molar-refractivity contribution >= 4 is 17.5 Å². The third kappa shape index (κ3) is 4.05. The summed E-state index contributed by atoms with van der Waals surface area (Å²) in [5, 5.41) is 0.731. The van der Waals surface area contributed by atoms with Gasteiger partial charge in [0.2, 0.25) is 0 Å². The summed E-state index contributed by atoms with van der Waals surface area (Å²) in [6.07, 6.45) is 3.86. The predicted molar refractivity (Wildman–Crippen MR) is 84.4 cm³/mol. The second kappa shape index (κ2) is 7.23. The van der Waals surface area contributed by atoms with E-state index in [1.807, 2.05) is 72.1 Å². The zero-order chi connectivity index (χ0) is 15.2. The minimum Gasteiger partial charge on any atom is -0.339 e. The SMILES string of the molecule is CCN(CC)C(=O)c1ccc[n+](Cc2ccc(Cl)cc2)c1. The summed E-state index contributed by atoms with van der Waals surface area (Å²) in [7, 11) is 0. The Kier molecular flexibility index (Phi) is 5.34. The molecule has 0 unspecified atom stereocenters. The summed E-state index contributed by atoms with van der Waals surface area (Å²) in [4.78, 5) is 14.2. The second-order valence-corrected chi connectivity index (χ2v) is 5.31. The van der Waals surface area contributed by atoms with Gasteiger partial charge in [-0.25, -0.2) is 0 Å². The Hall–Kier alpha value is -1.87. The third-order valence-corrected chi connectivity index (χ3v) is 3.69. The van der Waals surface area contributed by atoms with Crippen molar-refractivity contribution in [2.45, 2.75) is 20.4 Å². The van der Waals surface area contributed by atoms with Gasteiger partial charge < -0.3 is 4.90 Å². The molecule has 1 amide bonds. The van der Waals surface area contributed by atoms with Crippen molar-refractivity contribution in [3.05, 3.63) is 64.9 Å². The number of hydrogen-bond acceptors (Lipinski definition) is 1. The number of benzene rings is 1. The third-order valence-electron chi connectivity index (χ3n) is 3.43. The van der Waals surface area contributed by atoms with Gasteiger partial charge in [0.15, 0.2) is 18.9 Å². The van der Waals surface area contributed by atoms with Crippen molar-refractivity contribution < 1.29 is 9.36 Å². The zero-order valence-electron chi connectivity index (χ0n) is 12.4. The van der Waals surface area contributed by atoms with Gasteiger partial charge in [0.05, 0.1) is 0 Å². The summed E-state index contributed by atoms with van der Waals surface area (Å²) in [6.45, 7) is 6.15. The van der Waals surface area contributed by atoms with E-state index in [4.69, 9.17) is 11.6 Å². The molecule has 0 bridgehead atoms. The van der Waals surface area contributed by atoms with E-state index in [2.05, 4.69) is 0 Å². The van der Waals surface area contributed by atoms with E-state index in [0.717, 1.165) is 35.8 Å². The molecule has 0 saturated carbocycles. The van der Waals surface area contributed by atoms with Crippen LogP contribution in [-0.4, -0.2) is 23.9 Å². The molecule has 0 fully saturated rings. The molecule has 4 heteroatoms. The highest BCUT2D eigenvalue weighted by Crippen LogP contribution is 2.09. The molecular weight excluding hydrogens is 284 g/mol. The van der Waals surface area contributed by atoms with Crippen LogP contribution in [0.15, 0.2) is 48.8 Å². The maximum absolute atomic E-state index is 12.4. The van der Waals surface area contributed by atoms with Crippen molar-refractivity contribution in [3.8, 4) is 0 Å². The van der Waals surface area contributed by atoms with Crippen LogP contribution in [0.25, 0.3) is 0 Å². The van der Waals surface area contributed by atoms with Crippen LogP contribution < -0.4 is 4.57 Å². The fourth-order valence-corrected chi connectivity index (χ4v) is 2.37. The Bertz CT molecular complexity index is 606. The van der Waals surface area contributed by atoms with Gasteiger partial charge >= 0.3 is 0 Å². The van der Waals surface area contributed by atoms with Gasteiger partial charge in [-0.15, -0.1) is 0 Å². The van der Waals surface area contributed by atoms with Crippen LogP contribution in [0.2, 0.25) is 5.02 Å². The van der Waals surface area contributed by atoms with Crippen LogP contribution in [0.5, 0.6) is 0 Å². The summed E-state index contributed by atoms with van der Waals surface area (Å²) in [5.41, 5.74) is 1.87. The highest BCUT2D eigenvalue weighted by Gasteiger charge is 2.15. The zero-order valence-corrected chi connectivity index (χ0v) is 13.2. The van der Waals surface area contributed by atoms with Gasteiger partial charge in [0.25, 0.3) is 5.91 Å². The fraction of sp³-hybridized carbons (Fsp3) is 0.294. The molecule has 2 rings (SSSR count). The first-order valence-corrected chi connectivity index (χ1v) is 7.54. The molecule has 1 aromatic heterocycles. The monoisotopic (exact) mass is 303 g/mol. The molecule has 0 atom stereocenters. The first-order chi connectivity index (χ1) is 10.1. The van der Waals surface area contributed by atoms with E-state index < -0.39 is 0 Å². The number of amides is 1. The fourth-order valence-electron chi connectivity index (χ4n) is 2.24. The van der Waals surface area contributed by atoms with Crippen LogP contribution in [0.3, 0.4) is 0 Å². The molecule has 0 aliphatic rings. The lowest BCUT2D eigenvalue weighted by Crippen LogP contribution is -2.37. The van der Waals surface area contributed by atoms with Gasteiger partial charge in [0.1, 0.15) is 5.56 Å².